The average Bonchev–Trinajstić information content (AvgIpc) is 4.05. The SMILES string of the molecule is COC(=O)c1nc2oc1-c1c[nH]c3ccc(O)c(c13)-c1cccc3c1N[C@H]1Oc4ccc5cc4C31c1oc(nc1-2)[C@H](C(C)C)NC(=O)[C@@H](CC(=O)C1(O)CCCCC1)C5. The number of amides is 1. The summed E-state index contributed by atoms with van der Waals surface area (Å²) in [7, 11) is 1.26. The van der Waals surface area contributed by atoms with Crippen molar-refractivity contribution in [2.24, 2.45) is 11.8 Å². The number of rotatable bonds is 5. The number of nitrogens with one attached hydrogen (secondary N) is 3. The third-order valence-electron chi connectivity index (χ3n) is 13.1. The van der Waals surface area contributed by atoms with Crippen LogP contribution in [0.15, 0.2) is 63.6 Å². The molecule has 1 unspecified atom stereocenters. The van der Waals surface area contributed by atoms with Gasteiger partial charge in [-0.05, 0) is 48.9 Å². The summed E-state index contributed by atoms with van der Waals surface area (Å²) >= 11 is 0. The maximum atomic E-state index is 14.5. The molecule has 0 radical (unpaired) electrons. The molecule has 4 atom stereocenters. The fourth-order valence-electron chi connectivity index (χ4n) is 10.2. The summed E-state index contributed by atoms with van der Waals surface area (Å²) in [4.78, 5) is 55.1. The summed E-state index contributed by atoms with van der Waals surface area (Å²) in [6.45, 7) is 3.87. The number of methoxy groups -OCH3 is 1. The predicted octanol–water partition coefficient (Wildman–Crippen LogP) is 7.07. The van der Waals surface area contributed by atoms with Crippen LogP contribution in [0.3, 0.4) is 0 Å². The number of carbonyl (C=O) groups excluding carboxylic acids is 3. The minimum Gasteiger partial charge on any atom is -0.507 e. The second kappa shape index (κ2) is 12.5. The molecule has 1 saturated carbocycles. The van der Waals surface area contributed by atoms with Crippen molar-refractivity contribution in [1.29, 1.82) is 0 Å². The van der Waals surface area contributed by atoms with Crippen LogP contribution in [0, 0.1) is 11.8 Å². The number of Topliss-reactive ketones (excluding diaryl/α,β-unsaturated/α-hetero) is 1. The van der Waals surface area contributed by atoms with Gasteiger partial charge in [-0.1, -0.05) is 63.4 Å². The number of oxazole rings is 2. The minimum absolute atomic E-state index is 0.00143. The molecule has 11 rings (SSSR count). The largest absolute Gasteiger partial charge is 0.507 e. The van der Waals surface area contributed by atoms with Gasteiger partial charge in [0.25, 0.3) is 0 Å². The maximum absolute atomic E-state index is 14.5. The number of phenols is 1. The number of aromatic amines is 1. The van der Waals surface area contributed by atoms with Gasteiger partial charge in [0, 0.05) is 62.9 Å². The number of para-hydroxylation sites is 1. The summed E-state index contributed by atoms with van der Waals surface area (Å²) in [5.74, 6) is -1.41. The molecule has 1 fully saturated rings. The van der Waals surface area contributed by atoms with Gasteiger partial charge >= 0.3 is 5.97 Å². The quantitative estimate of drug-likeness (QED) is 0.111. The number of aromatic nitrogens is 3. The molecule has 10 bridgehead atoms. The van der Waals surface area contributed by atoms with Crippen LogP contribution in [0.5, 0.6) is 11.5 Å². The number of phenolic OH excluding ortho intramolecular Hbond substituents is 1. The second-order valence-electron chi connectivity index (χ2n) is 16.9. The second-order valence-corrected chi connectivity index (χ2v) is 16.9. The smallest absolute Gasteiger partial charge is 0.360 e. The molecule has 1 amide bonds. The Balaban J connectivity index is 1.21. The lowest BCUT2D eigenvalue weighted by Crippen LogP contribution is -2.44. The fourth-order valence-corrected chi connectivity index (χ4v) is 10.2. The fraction of sp³-hybridized carbons (Fsp3) is 0.356. The number of hydrogen-bond donors (Lipinski definition) is 5. The van der Waals surface area contributed by atoms with Gasteiger partial charge in [-0.3, -0.25) is 9.59 Å². The molecule has 5 aliphatic rings. The number of esters is 1. The summed E-state index contributed by atoms with van der Waals surface area (Å²) in [5, 5.41) is 30.6. The highest BCUT2D eigenvalue weighted by Gasteiger charge is 2.62. The Morgan fingerprint density at radius 2 is 1.83 bits per heavy atom. The number of benzene rings is 3. The lowest BCUT2D eigenvalue weighted by Gasteiger charge is -2.32. The highest BCUT2D eigenvalue weighted by molar-refractivity contribution is 6.11. The zero-order chi connectivity index (χ0) is 40.5. The van der Waals surface area contributed by atoms with Crippen LogP contribution in [0.1, 0.15) is 97.2 Å². The molecule has 4 aliphatic heterocycles. The van der Waals surface area contributed by atoms with E-state index in [0.717, 1.165) is 30.4 Å². The number of aliphatic hydroxyl groups is 1. The highest BCUT2D eigenvalue weighted by Crippen LogP contribution is 2.62. The van der Waals surface area contributed by atoms with E-state index in [1.807, 2.05) is 50.2 Å². The molecule has 59 heavy (non-hydrogen) atoms. The van der Waals surface area contributed by atoms with E-state index >= 15 is 0 Å². The van der Waals surface area contributed by atoms with Gasteiger partial charge in [0.05, 0.1) is 7.11 Å². The van der Waals surface area contributed by atoms with E-state index in [-0.39, 0.29) is 65.1 Å². The molecule has 7 heterocycles. The van der Waals surface area contributed by atoms with Crippen molar-refractivity contribution in [1.82, 2.24) is 20.3 Å². The number of anilines is 1. The number of hydrogen-bond acceptors (Lipinski definition) is 12. The van der Waals surface area contributed by atoms with Crippen molar-refractivity contribution >= 4 is 34.3 Å². The first-order valence-corrected chi connectivity index (χ1v) is 20.2. The zero-order valence-electron chi connectivity index (χ0n) is 32.6. The van der Waals surface area contributed by atoms with Gasteiger partial charge in [0.1, 0.15) is 28.6 Å². The van der Waals surface area contributed by atoms with Crippen LogP contribution in [0.4, 0.5) is 5.69 Å². The summed E-state index contributed by atoms with van der Waals surface area (Å²) in [6, 6.07) is 14.2. The van der Waals surface area contributed by atoms with Gasteiger partial charge in [-0.25, -0.2) is 9.78 Å². The van der Waals surface area contributed by atoms with Crippen LogP contribution >= 0.6 is 0 Å². The zero-order valence-corrected chi connectivity index (χ0v) is 32.6. The normalized spacial score (nSPS) is 23.1. The molecule has 0 saturated heterocycles. The number of carbonyl (C=O) groups is 3. The molecule has 5 N–H and O–H groups in total. The molecule has 14 heteroatoms. The minimum atomic E-state index is -1.47. The van der Waals surface area contributed by atoms with E-state index in [4.69, 9.17) is 28.3 Å². The highest BCUT2D eigenvalue weighted by atomic mass is 16.5. The van der Waals surface area contributed by atoms with Gasteiger partial charge < -0.3 is 44.1 Å². The number of H-pyrrole nitrogens is 1. The van der Waals surface area contributed by atoms with E-state index in [9.17, 15) is 24.6 Å². The molecule has 300 valence electrons. The Kier molecular flexibility index (Phi) is 7.60. The first kappa shape index (κ1) is 35.7. The predicted molar refractivity (Wildman–Crippen MR) is 213 cm³/mol. The monoisotopic (exact) mass is 795 g/mol. The molecular weight excluding hydrogens is 755 g/mol. The summed E-state index contributed by atoms with van der Waals surface area (Å²) in [6.07, 6.45) is 4.18. The van der Waals surface area contributed by atoms with Crippen molar-refractivity contribution in [2.45, 2.75) is 82.1 Å². The first-order valence-electron chi connectivity index (χ1n) is 20.2. The van der Waals surface area contributed by atoms with Gasteiger partial charge in [-0.2, -0.15) is 4.98 Å². The summed E-state index contributed by atoms with van der Waals surface area (Å²) in [5.41, 5.74) is 2.60. The Morgan fingerprint density at radius 1 is 1.00 bits per heavy atom. The number of aromatic hydroxyl groups is 1. The van der Waals surface area contributed by atoms with Crippen molar-refractivity contribution in [3.8, 4) is 45.5 Å². The van der Waals surface area contributed by atoms with E-state index in [1.54, 1.807) is 18.3 Å². The van der Waals surface area contributed by atoms with Crippen LogP contribution in [-0.2, 0) is 26.2 Å². The maximum Gasteiger partial charge on any atom is 0.360 e. The van der Waals surface area contributed by atoms with Crippen molar-refractivity contribution in [3.63, 3.8) is 0 Å². The van der Waals surface area contributed by atoms with Crippen LogP contribution < -0.4 is 15.4 Å². The summed E-state index contributed by atoms with van der Waals surface area (Å²) < 4.78 is 25.7. The number of nitrogens with zero attached hydrogens (tertiary/aromatic N) is 2. The van der Waals surface area contributed by atoms with Gasteiger partial charge in [0.15, 0.2) is 34.9 Å². The number of fused-ring (bicyclic) bond motifs is 7. The lowest BCUT2D eigenvalue weighted by atomic mass is 9.71. The van der Waals surface area contributed by atoms with E-state index in [1.165, 1.54) is 7.11 Å². The van der Waals surface area contributed by atoms with E-state index in [0.29, 0.717) is 63.2 Å². The van der Waals surface area contributed by atoms with Gasteiger partial charge in [0.2, 0.25) is 17.7 Å². The Bertz CT molecular complexity index is 2790. The molecule has 1 aliphatic carbocycles. The molecule has 3 aromatic carbocycles. The molecular formula is C45H41N5O9. The Hall–Kier alpha value is -6.41. The van der Waals surface area contributed by atoms with Crippen molar-refractivity contribution in [3.05, 3.63) is 88.8 Å². The van der Waals surface area contributed by atoms with E-state index in [2.05, 4.69) is 15.6 Å². The molecule has 6 aromatic rings. The number of ether oxygens (including phenoxy) is 2. The molecule has 14 nitrogen and oxygen atoms in total. The molecule has 1 spiro atoms. The van der Waals surface area contributed by atoms with Gasteiger partial charge in [-0.15, -0.1) is 0 Å². The van der Waals surface area contributed by atoms with Crippen LogP contribution in [0.25, 0.3) is 44.9 Å². The van der Waals surface area contributed by atoms with Crippen LogP contribution in [-0.4, -0.2) is 61.8 Å². The standard InChI is InChI=1S/C45H41N5O9/c1-20(2)33-40-49-36-38(59-40)45-25-9-7-8-23(32-28(51)12-11-27-31(32)24(19-46-27)37-35(42(54)56-3)48-41(36)58-37)34(25)50-43(45)57-29-13-10-21(17-26(29)45)16-22(39(53)47-33)18-30(52)44(55)14-5-4-6-15-44/h7-13,17,19-20,22,33,43,46,50-51,55H,4-6,14-16,18H2,1-3H3,(H,47,53)/t22-,33+,43+,45?/m1/s1. The lowest BCUT2D eigenvalue weighted by molar-refractivity contribution is -0.144. The Labute approximate surface area is 337 Å². The molecule has 3 aromatic heterocycles. The van der Waals surface area contributed by atoms with E-state index < -0.39 is 35.2 Å². The van der Waals surface area contributed by atoms with Crippen molar-refractivity contribution in [2.75, 3.05) is 12.4 Å². The third-order valence-corrected chi connectivity index (χ3v) is 13.1. The third kappa shape index (κ3) is 4.92. The number of ketones is 1. The Morgan fingerprint density at radius 3 is 2.63 bits per heavy atom. The first-order chi connectivity index (χ1) is 28.5. The topological polar surface area (TPSA) is 202 Å². The van der Waals surface area contributed by atoms with Crippen molar-refractivity contribution < 1.29 is 42.9 Å². The van der Waals surface area contributed by atoms with Crippen LogP contribution in [0.2, 0.25) is 0 Å². The average molecular weight is 796 g/mol.